The summed E-state index contributed by atoms with van der Waals surface area (Å²) in [6, 6.07) is 4.79. The minimum absolute atomic E-state index is 0.0199. The van der Waals surface area contributed by atoms with Crippen LogP contribution in [-0.4, -0.2) is 35.0 Å². The third-order valence-electron chi connectivity index (χ3n) is 5.38. The molecular weight excluding hydrogens is 610 g/mol. The summed E-state index contributed by atoms with van der Waals surface area (Å²) in [6.07, 6.45) is -2.22. The Hall–Kier alpha value is -3.33. The summed E-state index contributed by atoms with van der Waals surface area (Å²) in [6.45, 7) is -0.882. The third kappa shape index (κ3) is 7.44. The second-order valence-electron chi connectivity index (χ2n) is 8.12. The van der Waals surface area contributed by atoms with Gasteiger partial charge in [0.1, 0.15) is 11.7 Å². The van der Waals surface area contributed by atoms with E-state index in [-0.39, 0.29) is 39.7 Å². The van der Waals surface area contributed by atoms with E-state index >= 15 is 4.39 Å². The van der Waals surface area contributed by atoms with E-state index in [4.69, 9.17) is 41.2 Å². The minimum atomic E-state index is -5.16. The van der Waals surface area contributed by atoms with Crippen LogP contribution < -0.4 is 4.90 Å². The molecule has 0 bridgehead atoms. The molecule has 3 rings (SSSR count). The molecule has 1 aromatic heterocycles. The second-order valence-corrected chi connectivity index (χ2v) is 9.32. The fourth-order valence-electron chi connectivity index (χ4n) is 3.57. The molecule has 0 amide bonds. The Morgan fingerprint density at radius 2 is 1.62 bits per heavy atom. The van der Waals surface area contributed by atoms with Gasteiger partial charge in [0.25, 0.3) is 0 Å². The number of anilines is 1. The van der Waals surface area contributed by atoms with Crippen molar-refractivity contribution in [1.82, 2.24) is 9.97 Å². The van der Waals surface area contributed by atoms with Crippen LogP contribution in [0.3, 0.4) is 0 Å². The van der Waals surface area contributed by atoms with Crippen molar-refractivity contribution in [3.63, 3.8) is 0 Å². The maximum atomic E-state index is 15.1. The summed E-state index contributed by atoms with van der Waals surface area (Å²) < 4.78 is 98.3. The van der Waals surface area contributed by atoms with Gasteiger partial charge in [-0.05, 0) is 35.9 Å². The first-order valence-corrected chi connectivity index (χ1v) is 12.1. The lowest BCUT2D eigenvalue weighted by Crippen LogP contribution is -2.32. The van der Waals surface area contributed by atoms with E-state index < -0.39 is 58.7 Å². The molecule has 2 aromatic carbocycles. The first-order chi connectivity index (χ1) is 18.6. The van der Waals surface area contributed by atoms with E-state index in [9.17, 15) is 31.1 Å². The quantitative estimate of drug-likeness (QED) is 0.109. The average molecular weight is 625 g/mol. The maximum Gasteiger partial charge on any atom is 0.417 e. The number of ketones is 1. The van der Waals surface area contributed by atoms with Crippen molar-refractivity contribution in [2.45, 2.75) is 18.3 Å². The van der Waals surface area contributed by atoms with Crippen LogP contribution in [0.2, 0.25) is 15.1 Å². The molecular formula is C26H15Cl3F7N3O. The van der Waals surface area contributed by atoms with Crippen molar-refractivity contribution in [3.8, 4) is 12.3 Å². The highest BCUT2D eigenvalue weighted by atomic mass is 35.5. The van der Waals surface area contributed by atoms with Gasteiger partial charge in [-0.1, -0.05) is 52.9 Å². The zero-order chi connectivity index (χ0) is 29.8. The van der Waals surface area contributed by atoms with Crippen LogP contribution in [-0.2, 0) is 6.18 Å². The largest absolute Gasteiger partial charge is 0.417 e. The number of carbonyl (C=O) groups is 1. The van der Waals surface area contributed by atoms with Crippen molar-refractivity contribution < 1.29 is 35.5 Å². The summed E-state index contributed by atoms with van der Waals surface area (Å²) in [5.41, 5.74) is -3.86. The van der Waals surface area contributed by atoms with Crippen LogP contribution in [0.4, 0.5) is 36.7 Å². The highest BCUT2D eigenvalue weighted by Gasteiger charge is 2.41. The Morgan fingerprint density at radius 1 is 1.02 bits per heavy atom. The number of nitrogens with zero attached hydrogens (tertiary/aromatic N) is 3. The molecule has 1 unspecified atom stereocenters. The van der Waals surface area contributed by atoms with Gasteiger partial charge in [-0.2, -0.15) is 26.3 Å². The lowest BCUT2D eigenvalue weighted by Gasteiger charge is -2.21. The van der Waals surface area contributed by atoms with Crippen LogP contribution in [0.1, 0.15) is 33.0 Å². The number of benzene rings is 2. The highest BCUT2D eigenvalue weighted by Crippen LogP contribution is 2.43. The predicted molar refractivity (Wildman–Crippen MR) is 138 cm³/mol. The topological polar surface area (TPSA) is 46.1 Å². The molecule has 0 fully saturated rings. The van der Waals surface area contributed by atoms with Gasteiger partial charge >= 0.3 is 12.4 Å². The fraction of sp³-hybridized carbons (Fsp3) is 0.192. The molecule has 210 valence electrons. The molecule has 14 heteroatoms. The van der Waals surface area contributed by atoms with Crippen LogP contribution in [0.5, 0.6) is 0 Å². The van der Waals surface area contributed by atoms with Gasteiger partial charge in [0.05, 0.1) is 33.7 Å². The summed E-state index contributed by atoms with van der Waals surface area (Å²) in [5, 5.41) is -0.907. The Kier molecular flexibility index (Phi) is 9.72. The van der Waals surface area contributed by atoms with Gasteiger partial charge in [0.15, 0.2) is 5.78 Å². The lowest BCUT2D eigenvalue weighted by molar-refractivity contribution is -0.140. The van der Waals surface area contributed by atoms with E-state index in [1.165, 1.54) is 18.5 Å². The molecule has 0 spiro atoms. The summed E-state index contributed by atoms with van der Waals surface area (Å²) in [7, 11) is 0. The van der Waals surface area contributed by atoms with E-state index in [1.807, 2.05) is 0 Å². The fourth-order valence-corrected chi connectivity index (χ4v) is 4.18. The third-order valence-corrected chi connectivity index (χ3v) is 6.58. The molecule has 1 atom stereocenters. The number of aromatic nitrogens is 2. The van der Waals surface area contributed by atoms with E-state index in [2.05, 4.69) is 15.9 Å². The molecule has 0 saturated heterocycles. The van der Waals surface area contributed by atoms with Crippen molar-refractivity contribution >= 4 is 52.4 Å². The number of rotatable bonds is 8. The second kappa shape index (κ2) is 12.5. The minimum Gasteiger partial charge on any atom is -0.322 e. The normalized spacial score (nSPS) is 13.1. The van der Waals surface area contributed by atoms with Crippen molar-refractivity contribution in [3.05, 3.63) is 92.2 Å². The molecule has 0 aliphatic rings. The van der Waals surface area contributed by atoms with Gasteiger partial charge in [-0.3, -0.25) is 4.79 Å². The van der Waals surface area contributed by atoms with Crippen LogP contribution >= 0.6 is 34.8 Å². The van der Waals surface area contributed by atoms with Crippen molar-refractivity contribution in [1.29, 1.82) is 0 Å². The van der Waals surface area contributed by atoms with E-state index in [1.54, 1.807) is 0 Å². The molecule has 3 aromatic rings. The Morgan fingerprint density at radius 3 is 2.15 bits per heavy atom. The van der Waals surface area contributed by atoms with Gasteiger partial charge in [0, 0.05) is 23.5 Å². The molecule has 0 saturated carbocycles. The Labute approximate surface area is 238 Å². The number of halogens is 10. The number of allylic oxidation sites excluding steroid dienone is 1. The number of Topliss-reactive ketones (excluding diaryl/α,β-unsaturated/α-hetero) is 1. The van der Waals surface area contributed by atoms with Gasteiger partial charge in [-0.25, -0.2) is 14.4 Å². The van der Waals surface area contributed by atoms with E-state index in [0.717, 1.165) is 23.1 Å². The SMILES string of the molecule is C#CCN(CC(=O)c1ccc(/C(F)=C/C(c2cc(Cl)c(Cl)c(Cl)c2)C(F)(F)F)cc1C(F)(F)F)c1ncccn1. The summed E-state index contributed by atoms with van der Waals surface area (Å²) in [5.74, 6) is -3.12. The molecule has 0 aliphatic heterocycles. The zero-order valence-electron chi connectivity index (χ0n) is 19.8. The molecule has 0 radical (unpaired) electrons. The lowest BCUT2D eigenvalue weighted by atomic mass is 9.95. The summed E-state index contributed by atoms with van der Waals surface area (Å²) >= 11 is 17.4. The van der Waals surface area contributed by atoms with Gasteiger partial charge in [0.2, 0.25) is 5.95 Å². The van der Waals surface area contributed by atoms with Crippen molar-refractivity contribution in [2.24, 2.45) is 0 Å². The molecule has 0 N–H and O–H groups in total. The number of carbonyl (C=O) groups excluding carboxylic acids is 1. The zero-order valence-corrected chi connectivity index (χ0v) is 22.1. The summed E-state index contributed by atoms with van der Waals surface area (Å²) in [4.78, 5) is 21.9. The van der Waals surface area contributed by atoms with Gasteiger partial charge < -0.3 is 4.90 Å². The van der Waals surface area contributed by atoms with Crippen LogP contribution in [0.15, 0.2) is 54.9 Å². The smallest absolute Gasteiger partial charge is 0.322 e. The van der Waals surface area contributed by atoms with Crippen LogP contribution in [0, 0.1) is 12.3 Å². The number of terminal acetylenes is 1. The van der Waals surface area contributed by atoms with Crippen molar-refractivity contribution in [2.75, 3.05) is 18.0 Å². The predicted octanol–water partition coefficient (Wildman–Crippen LogP) is 8.43. The van der Waals surface area contributed by atoms with Crippen LogP contribution in [0.25, 0.3) is 5.83 Å². The standard InChI is InChI=1S/C26H15Cl3F7N3O/c1-2-8-39(24-37-6-3-7-38-24)13-22(40)16-5-4-14(9-18(16)26(34,35)36)21(30)12-17(25(31,32)33)15-10-19(27)23(29)20(28)11-15/h1,3-7,9-12,17H,8,13H2/b21-12-. The maximum absolute atomic E-state index is 15.1. The van der Waals surface area contributed by atoms with Gasteiger partial charge in [-0.15, -0.1) is 6.42 Å². The molecule has 4 nitrogen and oxygen atoms in total. The first-order valence-electron chi connectivity index (χ1n) is 10.9. The average Bonchev–Trinajstić information content (AvgIpc) is 2.88. The highest BCUT2D eigenvalue weighted by molar-refractivity contribution is 6.48. The Bertz CT molecular complexity index is 1450. The molecule has 40 heavy (non-hydrogen) atoms. The van der Waals surface area contributed by atoms with E-state index in [0.29, 0.717) is 6.07 Å². The number of alkyl halides is 6. The number of hydrogen-bond acceptors (Lipinski definition) is 4. The Balaban J connectivity index is 2.03. The molecule has 0 aliphatic carbocycles. The monoisotopic (exact) mass is 623 g/mol. The first kappa shape index (κ1) is 31.2. The number of hydrogen-bond donors (Lipinski definition) is 0. The molecule has 1 heterocycles.